The Morgan fingerprint density at radius 2 is 1.81 bits per heavy atom. The van der Waals surface area contributed by atoms with E-state index in [1.54, 1.807) is 30.3 Å². The minimum atomic E-state index is -4.40. The molecule has 0 radical (unpaired) electrons. The first kappa shape index (κ1) is 25.6. The second-order valence-corrected chi connectivity index (χ2v) is 10.7. The molecule has 2 aromatic rings. The van der Waals surface area contributed by atoms with E-state index in [-0.39, 0.29) is 23.9 Å². The SMILES string of the molecule is CC(=O)N(C)c1cnn(C(=O)N2CCC3(CCN(Cc4cc(N5CCCC5)ccc4C(F)(F)F)C3)C2)c1. The molecule has 2 amide bonds. The molecule has 11 heteroatoms. The van der Waals surface area contributed by atoms with Crippen LogP contribution in [0.15, 0.2) is 30.6 Å². The van der Waals surface area contributed by atoms with Gasteiger partial charge in [-0.3, -0.25) is 9.69 Å². The van der Waals surface area contributed by atoms with E-state index in [0.29, 0.717) is 37.4 Å². The fourth-order valence-electron chi connectivity index (χ4n) is 5.91. The lowest BCUT2D eigenvalue weighted by Gasteiger charge is -2.26. The Bertz CT molecular complexity index is 1180. The molecule has 1 spiro atoms. The Balaban J connectivity index is 1.26. The van der Waals surface area contributed by atoms with E-state index in [9.17, 15) is 22.8 Å². The lowest BCUT2D eigenvalue weighted by molar-refractivity contribution is -0.138. The van der Waals surface area contributed by atoms with Crippen LogP contribution in [0.5, 0.6) is 0 Å². The van der Waals surface area contributed by atoms with E-state index in [2.05, 4.69) is 14.9 Å². The molecule has 3 aliphatic rings. The van der Waals surface area contributed by atoms with Gasteiger partial charge in [0.2, 0.25) is 5.91 Å². The van der Waals surface area contributed by atoms with Gasteiger partial charge in [-0.1, -0.05) is 0 Å². The summed E-state index contributed by atoms with van der Waals surface area (Å²) in [5, 5.41) is 4.13. The van der Waals surface area contributed by atoms with Crippen molar-refractivity contribution in [3.05, 3.63) is 41.7 Å². The fourth-order valence-corrected chi connectivity index (χ4v) is 5.91. The quantitative estimate of drug-likeness (QED) is 0.611. The molecule has 0 saturated carbocycles. The Morgan fingerprint density at radius 1 is 1.08 bits per heavy atom. The average Bonchev–Trinajstić information content (AvgIpc) is 3.66. The third-order valence-electron chi connectivity index (χ3n) is 8.11. The van der Waals surface area contributed by atoms with Crippen LogP contribution in [0.2, 0.25) is 0 Å². The molecule has 3 aliphatic heterocycles. The van der Waals surface area contributed by atoms with Gasteiger partial charge in [0.1, 0.15) is 0 Å². The van der Waals surface area contributed by atoms with Crippen molar-refractivity contribution in [2.75, 3.05) is 56.1 Å². The summed E-state index contributed by atoms with van der Waals surface area (Å²) in [7, 11) is 1.62. The average molecular weight is 519 g/mol. The first-order chi connectivity index (χ1) is 17.5. The summed E-state index contributed by atoms with van der Waals surface area (Å²) in [6.45, 7) is 5.90. The van der Waals surface area contributed by atoms with Crippen molar-refractivity contribution in [3.8, 4) is 0 Å². The maximum absolute atomic E-state index is 13.8. The Hall–Kier alpha value is -3.08. The van der Waals surface area contributed by atoms with Gasteiger partial charge in [-0.25, -0.2) is 4.79 Å². The monoisotopic (exact) mass is 518 g/mol. The van der Waals surface area contributed by atoms with Crippen molar-refractivity contribution in [2.24, 2.45) is 5.41 Å². The van der Waals surface area contributed by atoms with Gasteiger partial charge in [-0.05, 0) is 56.0 Å². The van der Waals surface area contributed by atoms with Crippen LogP contribution in [0.3, 0.4) is 0 Å². The number of aromatic nitrogens is 2. The van der Waals surface area contributed by atoms with E-state index in [1.807, 2.05) is 0 Å². The molecule has 1 aromatic carbocycles. The van der Waals surface area contributed by atoms with Crippen molar-refractivity contribution < 1.29 is 22.8 Å². The Kier molecular flexibility index (Phi) is 6.68. The molecular formula is C26H33F3N6O2. The van der Waals surface area contributed by atoms with Gasteiger partial charge in [-0.15, -0.1) is 0 Å². The van der Waals surface area contributed by atoms with Crippen LogP contribution >= 0.6 is 0 Å². The molecular weight excluding hydrogens is 485 g/mol. The number of carbonyl (C=O) groups excluding carboxylic acids is 2. The highest BCUT2D eigenvalue weighted by molar-refractivity contribution is 5.91. The zero-order chi connectivity index (χ0) is 26.4. The highest BCUT2D eigenvalue weighted by Gasteiger charge is 2.45. The standard InChI is InChI=1S/C26H33F3N6O2/c1-19(36)31(2)22-14-30-35(16-22)24(37)34-12-8-25(18-34)7-11-32(17-25)15-20-13-21(33-9-3-4-10-33)5-6-23(20)26(27,28)29/h5-6,13-14,16H,3-4,7-12,15,17-18H2,1-2H3. The number of likely N-dealkylation sites (tertiary alicyclic amines) is 2. The highest BCUT2D eigenvalue weighted by Crippen LogP contribution is 2.42. The number of amides is 2. The molecule has 0 bridgehead atoms. The van der Waals surface area contributed by atoms with Gasteiger partial charge in [0, 0.05) is 64.3 Å². The number of hydrogen-bond acceptors (Lipinski definition) is 5. The normalized spacial score (nSPS) is 22.4. The molecule has 0 N–H and O–H groups in total. The number of rotatable bonds is 4. The molecule has 1 atom stereocenters. The van der Waals surface area contributed by atoms with Crippen molar-refractivity contribution in [1.82, 2.24) is 19.6 Å². The second kappa shape index (κ2) is 9.66. The van der Waals surface area contributed by atoms with Gasteiger partial charge in [0.15, 0.2) is 0 Å². The third-order valence-corrected chi connectivity index (χ3v) is 8.11. The van der Waals surface area contributed by atoms with Crippen LogP contribution in [-0.2, 0) is 17.5 Å². The first-order valence-electron chi connectivity index (χ1n) is 12.8. The molecule has 0 aliphatic carbocycles. The molecule has 1 aromatic heterocycles. The van der Waals surface area contributed by atoms with E-state index in [0.717, 1.165) is 44.5 Å². The number of nitrogens with zero attached hydrogens (tertiary/aromatic N) is 6. The summed E-state index contributed by atoms with van der Waals surface area (Å²) in [6, 6.07) is 4.29. The second-order valence-electron chi connectivity index (χ2n) is 10.7. The molecule has 5 rings (SSSR count). The fraction of sp³-hybridized carbons (Fsp3) is 0.577. The van der Waals surface area contributed by atoms with E-state index >= 15 is 0 Å². The number of anilines is 2. The van der Waals surface area contributed by atoms with Gasteiger partial charge >= 0.3 is 12.2 Å². The molecule has 3 saturated heterocycles. The van der Waals surface area contributed by atoms with Gasteiger partial charge in [0.25, 0.3) is 0 Å². The predicted octanol–water partition coefficient (Wildman–Crippen LogP) is 4.05. The zero-order valence-corrected chi connectivity index (χ0v) is 21.3. The van der Waals surface area contributed by atoms with Crippen molar-refractivity contribution in [2.45, 2.75) is 45.3 Å². The largest absolute Gasteiger partial charge is 0.416 e. The van der Waals surface area contributed by atoms with Crippen LogP contribution in [-0.4, -0.2) is 77.8 Å². The number of halogens is 3. The van der Waals surface area contributed by atoms with E-state index in [1.165, 1.54) is 28.8 Å². The van der Waals surface area contributed by atoms with Gasteiger partial charge in [-0.2, -0.15) is 23.0 Å². The molecule has 200 valence electrons. The lowest BCUT2D eigenvalue weighted by Crippen LogP contribution is -2.36. The van der Waals surface area contributed by atoms with Crippen LogP contribution in [0.4, 0.5) is 29.3 Å². The Labute approximate surface area is 214 Å². The highest BCUT2D eigenvalue weighted by atomic mass is 19.4. The maximum atomic E-state index is 13.8. The summed E-state index contributed by atoms with van der Waals surface area (Å²) in [4.78, 5) is 32.1. The topological polar surface area (TPSA) is 64.9 Å². The molecule has 1 unspecified atom stereocenters. The van der Waals surface area contributed by atoms with Crippen molar-refractivity contribution in [1.29, 1.82) is 0 Å². The summed E-state index contributed by atoms with van der Waals surface area (Å²) in [5.74, 6) is -0.155. The molecule has 37 heavy (non-hydrogen) atoms. The van der Waals surface area contributed by atoms with Crippen LogP contribution in [0.25, 0.3) is 0 Å². The van der Waals surface area contributed by atoms with E-state index < -0.39 is 11.7 Å². The summed E-state index contributed by atoms with van der Waals surface area (Å²) in [6.07, 6.45) is 2.39. The van der Waals surface area contributed by atoms with Crippen LogP contribution < -0.4 is 9.80 Å². The van der Waals surface area contributed by atoms with Crippen molar-refractivity contribution in [3.63, 3.8) is 0 Å². The maximum Gasteiger partial charge on any atom is 0.416 e. The summed E-state index contributed by atoms with van der Waals surface area (Å²) in [5.41, 5.74) is 1.02. The zero-order valence-electron chi connectivity index (χ0n) is 21.3. The molecule has 4 heterocycles. The lowest BCUT2D eigenvalue weighted by atomic mass is 9.86. The molecule has 3 fully saturated rings. The van der Waals surface area contributed by atoms with Crippen molar-refractivity contribution >= 4 is 23.3 Å². The van der Waals surface area contributed by atoms with Crippen LogP contribution in [0.1, 0.15) is 43.7 Å². The predicted molar refractivity (Wildman–Crippen MR) is 134 cm³/mol. The number of carbonyl (C=O) groups is 2. The minimum absolute atomic E-state index is 0.132. The minimum Gasteiger partial charge on any atom is -0.372 e. The van der Waals surface area contributed by atoms with E-state index in [4.69, 9.17) is 0 Å². The summed E-state index contributed by atoms with van der Waals surface area (Å²) >= 11 is 0. The van der Waals surface area contributed by atoms with Gasteiger partial charge in [0.05, 0.1) is 23.6 Å². The number of alkyl halides is 3. The summed E-state index contributed by atoms with van der Waals surface area (Å²) < 4.78 is 42.7. The number of hydrogen-bond donors (Lipinski definition) is 0. The smallest absolute Gasteiger partial charge is 0.372 e. The first-order valence-corrected chi connectivity index (χ1v) is 12.8. The number of benzene rings is 1. The Morgan fingerprint density at radius 3 is 2.51 bits per heavy atom. The van der Waals surface area contributed by atoms with Gasteiger partial charge < -0.3 is 14.7 Å². The van der Waals surface area contributed by atoms with Crippen LogP contribution in [0, 0.1) is 5.41 Å². The third kappa shape index (κ3) is 5.18. The molecule has 8 nitrogen and oxygen atoms in total.